The number of nitrogens with zero attached hydrogens (tertiary/aromatic N) is 8. The monoisotopic (exact) mass is 636 g/mol. The van der Waals surface area contributed by atoms with Crippen molar-refractivity contribution in [3.05, 3.63) is 72.3 Å². The molecule has 2 aromatic heterocycles. The topological polar surface area (TPSA) is 123 Å². The van der Waals surface area contributed by atoms with Gasteiger partial charge in [0.05, 0.1) is 102 Å². The number of hydrogen-bond donors (Lipinski definition) is 0. The molecule has 3 heterocycles. The van der Waals surface area contributed by atoms with Crippen molar-refractivity contribution >= 4 is 0 Å². The first-order valence-electron chi connectivity index (χ1n) is 15.6. The van der Waals surface area contributed by atoms with E-state index in [1.807, 2.05) is 60.9 Å². The first kappa shape index (κ1) is 33.4. The molecule has 0 amide bonds. The van der Waals surface area contributed by atoms with Gasteiger partial charge >= 0.3 is 0 Å². The number of methoxy groups -OCH3 is 2. The second-order valence-corrected chi connectivity index (χ2v) is 10.7. The van der Waals surface area contributed by atoms with E-state index in [0.717, 1.165) is 60.4 Å². The predicted molar refractivity (Wildman–Crippen MR) is 170 cm³/mol. The van der Waals surface area contributed by atoms with Crippen molar-refractivity contribution in [2.45, 2.75) is 13.1 Å². The van der Waals surface area contributed by atoms with E-state index in [1.165, 1.54) is 0 Å². The molecule has 0 spiro atoms. The number of aromatic nitrogens is 6. The van der Waals surface area contributed by atoms with Crippen molar-refractivity contribution in [2.75, 3.05) is 93.3 Å². The molecular weight excluding hydrogens is 592 g/mol. The summed E-state index contributed by atoms with van der Waals surface area (Å²) in [7, 11) is 3.30. The third kappa shape index (κ3) is 10.6. The maximum atomic E-state index is 5.90. The summed E-state index contributed by atoms with van der Waals surface area (Å²) in [5.74, 6) is 1.60. The quantitative estimate of drug-likeness (QED) is 0.282. The van der Waals surface area contributed by atoms with E-state index in [4.69, 9.17) is 28.4 Å². The van der Waals surface area contributed by atoms with Crippen molar-refractivity contribution in [1.29, 1.82) is 0 Å². The molecule has 14 heteroatoms. The van der Waals surface area contributed by atoms with Gasteiger partial charge in [-0.1, -0.05) is 10.4 Å². The van der Waals surface area contributed by atoms with Crippen LogP contribution in [0, 0.1) is 0 Å². The average Bonchev–Trinajstić information content (AvgIpc) is 3.76. The maximum Gasteiger partial charge on any atom is 0.119 e. The highest BCUT2D eigenvalue weighted by molar-refractivity contribution is 5.37. The molecule has 0 aliphatic carbocycles. The zero-order chi connectivity index (χ0) is 31.8. The van der Waals surface area contributed by atoms with Gasteiger partial charge in [-0.05, 0) is 48.5 Å². The summed E-state index contributed by atoms with van der Waals surface area (Å²) in [5.41, 5.74) is 3.59. The van der Waals surface area contributed by atoms with Crippen LogP contribution in [-0.2, 0) is 32.0 Å². The van der Waals surface area contributed by atoms with Crippen LogP contribution >= 0.6 is 0 Å². The van der Waals surface area contributed by atoms with E-state index >= 15 is 0 Å². The van der Waals surface area contributed by atoms with Crippen LogP contribution in [0.15, 0.2) is 60.9 Å². The lowest BCUT2D eigenvalue weighted by atomic mass is 10.3. The van der Waals surface area contributed by atoms with Crippen LogP contribution in [0.2, 0.25) is 0 Å². The minimum absolute atomic E-state index is 0.525. The van der Waals surface area contributed by atoms with Gasteiger partial charge in [0.15, 0.2) is 0 Å². The van der Waals surface area contributed by atoms with Crippen molar-refractivity contribution in [3.8, 4) is 22.9 Å². The lowest BCUT2D eigenvalue weighted by molar-refractivity contribution is 0.00598. The predicted octanol–water partition coefficient (Wildman–Crippen LogP) is 2.25. The Kier molecular flexibility index (Phi) is 13.3. The molecule has 0 saturated carbocycles. The summed E-state index contributed by atoms with van der Waals surface area (Å²) in [6.45, 7) is 8.64. The molecule has 2 aromatic carbocycles. The van der Waals surface area contributed by atoms with Crippen LogP contribution in [0.25, 0.3) is 11.4 Å². The highest BCUT2D eigenvalue weighted by Gasteiger charge is 2.13. The third-order valence-electron chi connectivity index (χ3n) is 7.48. The van der Waals surface area contributed by atoms with Gasteiger partial charge in [0, 0.05) is 39.3 Å². The molecule has 4 aromatic rings. The summed E-state index contributed by atoms with van der Waals surface area (Å²) in [6, 6.07) is 15.4. The largest absolute Gasteiger partial charge is 0.497 e. The van der Waals surface area contributed by atoms with Crippen LogP contribution in [-0.4, -0.2) is 133 Å². The molecule has 248 valence electrons. The lowest BCUT2D eigenvalue weighted by Crippen LogP contribution is -2.33. The van der Waals surface area contributed by atoms with Crippen LogP contribution in [0.5, 0.6) is 11.5 Å². The van der Waals surface area contributed by atoms with Gasteiger partial charge in [0.2, 0.25) is 0 Å². The molecule has 5 rings (SSSR count). The Hall–Kier alpha value is -3.92. The van der Waals surface area contributed by atoms with E-state index in [1.54, 1.807) is 23.6 Å². The highest BCUT2D eigenvalue weighted by atomic mass is 16.5. The minimum atomic E-state index is 0.525. The molecule has 0 N–H and O–H groups in total. The molecule has 1 fully saturated rings. The molecule has 14 nitrogen and oxygen atoms in total. The van der Waals surface area contributed by atoms with Crippen LogP contribution in [0.3, 0.4) is 0 Å². The lowest BCUT2D eigenvalue weighted by Gasteiger charge is -2.22. The van der Waals surface area contributed by atoms with Gasteiger partial charge in [-0.3, -0.25) is 9.80 Å². The summed E-state index contributed by atoms with van der Waals surface area (Å²) in [6.07, 6.45) is 3.89. The summed E-state index contributed by atoms with van der Waals surface area (Å²) >= 11 is 0. The Balaban J connectivity index is 1.07. The fourth-order valence-corrected chi connectivity index (χ4v) is 4.88. The number of hydrogen-bond acceptors (Lipinski definition) is 12. The second-order valence-electron chi connectivity index (χ2n) is 10.7. The zero-order valence-corrected chi connectivity index (χ0v) is 26.7. The molecule has 46 heavy (non-hydrogen) atoms. The third-order valence-corrected chi connectivity index (χ3v) is 7.48. The molecule has 0 atom stereocenters. The number of benzene rings is 2. The Bertz CT molecular complexity index is 1290. The number of rotatable bonds is 8. The van der Waals surface area contributed by atoms with E-state index in [-0.39, 0.29) is 0 Å². The van der Waals surface area contributed by atoms with Gasteiger partial charge in [-0.2, -0.15) is 0 Å². The Labute approximate surface area is 269 Å². The van der Waals surface area contributed by atoms with E-state index in [2.05, 4.69) is 30.4 Å². The first-order valence-corrected chi connectivity index (χ1v) is 15.6. The average molecular weight is 637 g/mol. The van der Waals surface area contributed by atoms with E-state index in [9.17, 15) is 0 Å². The van der Waals surface area contributed by atoms with Crippen molar-refractivity contribution in [3.63, 3.8) is 0 Å². The Morgan fingerprint density at radius 2 is 0.870 bits per heavy atom. The van der Waals surface area contributed by atoms with Gasteiger partial charge in [0.1, 0.15) is 11.5 Å². The molecule has 0 unspecified atom stereocenters. The zero-order valence-electron chi connectivity index (χ0n) is 26.7. The Morgan fingerprint density at radius 3 is 1.20 bits per heavy atom. The molecular formula is C32H44N8O6. The SMILES string of the molecule is COc1ccc(-n2cc(CN3CCOCCOCCN(Cc4cn(-c5ccc(OC)cc5)nn4)CCOCCOCC3)nn2)cc1. The molecule has 0 radical (unpaired) electrons. The van der Waals surface area contributed by atoms with Crippen molar-refractivity contribution in [2.24, 2.45) is 0 Å². The van der Waals surface area contributed by atoms with Crippen LogP contribution in [0.1, 0.15) is 11.4 Å². The highest BCUT2D eigenvalue weighted by Crippen LogP contribution is 2.16. The van der Waals surface area contributed by atoms with Gasteiger partial charge in [-0.15, -0.1) is 10.2 Å². The fraction of sp³-hybridized carbons (Fsp3) is 0.500. The second kappa shape index (κ2) is 18.3. The molecule has 1 aliphatic rings. The van der Waals surface area contributed by atoms with Crippen LogP contribution < -0.4 is 9.47 Å². The van der Waals surface area contributed by atoms with Crippen molar-refractivity contribution < 1.29 is 28.4 Å². The standard InChI is InChI=1S/C32H44N8O6/c1-41-31-7-3-29(4-8-31)39-25-27(33-35-39)23-37-11-15-43-19-21-45-17-13-38(14-18-46-22-20-44-16-12-37)24-28-26-40(36-34-28)30-5-9-32(42-2)10-6-30/h3-10,25-26H,11-24H2,1-2H3. The van der Waals surface area contributed by atoms with Crippen molar-refractivity contribution in [1.82, 2.24) is 39.8 Å². The van der Waals surface area contributed by atoms with Gasteiger partial charge < -0.3 is 28.4 Å². The maximum absolute atomic E-state index is 5.90. The summed E-state index contributed by atoms with van der Waals surface area (Å²) in [5, 5.41) is 17.4. The minimum Gasteiger partial charge on any atom is -0.497 e. The van der Waals surface area contributed by atoms with Gasteiger partial charge in [0.25, 0.3) is 0 Å². The summed E-state index contributed by atoms with van der Waals surface area (Å²) in [4.78, 5) is 4.52. The molecule has 0 bridgehead atoms. The van der Waals surface area contributed by atoms with Gasteiger partial charge in [-0.25, -0.2) is 9.36 Å². The first-order chi connectivity index (χ1) is 22.7. The van der Waals surface area contributed by atoms with E-state index in [0.29, 0.717) is 65.9 Å². The summed E-state index contributed by atoms with van der Waals surface area (Å²) < 4.78 is 37.6. The normalized spacial score (nSPS) is 17.3. The van der Waals surface area contributed by atoms with Crippen LogP contribution in [0.4, 0.5) is 0 Å². The van der Waals surface area contributed by atoms with E-state index < -0.39 is 0 Å². The molecule has 1 aliphatic heterocycles. The smallest absolute Gasteiger partial charge is 0.119 e. The Morgan fingerprint density at radius 1 is 0.522 bits per heavy atom. The number of ether oxygens (including phenoxy) is 6. The fourth-order valence-electron chi connectivity index (χ4n) is 4.88. The molecule has 1 saturated heterocycles.